The first-order valence-corrected chi connectivity index (χ1v) is 11.0. The second-order valence-corrected chi connectivity index (χ2v) is 8.39. The number of benzene rings is 1. The summed E-state index contributed by atoms with van der Waals surface area (Å²) in [5.41, 5.74) is 9.35. The topological polar surface area (TPSA) is 104 Å². The molecule has 3 aromatic heterocycles. The van der Waals surface area contributed by atoms with E-state index in [9.17, 15) is 4.79 Å². The number of anilines is 1. The molecule has 1 aliphatic heterocycles. The zero-order valence-electron chi connectivity index (χ0n) is 19.1. The fourth-order valence-corrected chi connectivity index (χ4v) is 4.63. The van der Waals surface area contributed by atoms with Crippen LogP contribution in [0, 0.1) is 11.8 Å². The molecule has 1 amide bonds. The van der Waals surface area contributed by atoms with Crippen molar-refractivity contribution in [3.63, 3.8) is 0 Å². The molecule has 0 unspecified atom stereocenters. The highest BCUT2D eigenvalue weighted by Gasteiger charge is 2.37. The molecule has 2 N–H and O–H groups in total. The Morgan fingerprint density at radius 1 is 1.32 bits per heavy atom. The van der Waals surface area contributed by atoms with Crippen molar-refractivity contribution in [3.8, 4) is 11.8 Å². The van der Waals surface area contributed by atoms with E-state index in [1.54, 1.807) is 12.0 Å². The minimum Gasteiger partial charge on any atom is -0.383 e. The first kappa shape index (κ1) is 21.7. The van der Waals surface area contributed by atoms with E-state index in [0.717, 1.165) is 16.5 Å². The lowest BCUT2D eigenvalue weighted by molar-refractivity contribution is -0.127. The number of rotatable bonds is 4. The Bertz CT molecular complexity index is 1470. The maximum atomic E-state index is 12.4. The molecule has 2 atom stereocenters. The molecule has 9 heteroatoms. The summed E-state index contributed by atoms with van der Waals surface area (Å²) in [6, 6.07) is 7.96. The van der Waals surface area contributed by atoms with E-state index in [0.29, 0.717) is 42.1 Å². The van der Waals surface area contributed by atoms with Gasteiger partial charge in [0.1, 0.15) is 17.8 Å². The molecule has 4 heterocycles. The second kappa shape index (κ2) is 8.65. The first-order chi connectivity index (χ1) is 16.5. The molecule has 0 spiro atoms. The van der Waals surface area contributed by atoms with Gasteiger partial charge >= 0.3 is 0 Å². The van der Waals surface area contributed by atoms with Crippen LogP contribution < -0.4 is 5.73 Å². The molecular weight excluding hydrogens is 430 g/mol. The lowest BCUT2D eigenvalue weighted by Crippen LogP contribution is -2.37. The first-order valence-electron chi connectivity index (χ1n) is 11.0. The Balaban J connectivity index is 1.54. The van der Waals surface area contributed by atoms with Crippen LogP contribution in [0.15, 0.2) is 49.4 Å². The molecule has 0 radical (unpaired) electrons. The number of nitrogens with two attached hydrogens (primary N) is 1. The summed E-state index contributed by atoms with van der Waals surface area (Å²) >= 11 is 0. The maximum Gasteiger partial charge on any atom is 0.246 e. The Kier molecular flexibility index (Phi) is 5.51. The van der Waals surface area contributed by atoms with E-state index in [1.165, 1.54) is 12.4 Å². The van der Waals surface area contributed by atoms with Crippen molar-refractivity contribution in [1.29, 1.82) is 0 Å². The smallest absolute Gasteiger partial charge is 0.246 e. The summed E-state index contributed by atoms with van der Waals surface area (Å²) in [5, 5.41) is 6.52. The number of fused-ring (bicyclic) bond motifs is 2. The van der Waals surface area contributed by atoms with Crippen LogP contribution >= 0.6 is 0 Å². The highest BCUT2D eigenvalue weighted by Crippen LogP contribution is 2.32. The molecule has 9 nitrogen and oxygen atoms in total. The average molecular weight is 456 g/mol. The molecule has 34 heavy (non-hydrogen) atoms. The van der Waals surface area contributed by atoms with E-state index in [-0.39, 0.29) is 18.0 Å². The Morgan fingerprint density at radius 2 is 2.18 bits per heavy atom. The van der Waals surface area contributed by atoms with Crippen LogP contribution in [-0.2, 0) is 16.6 Å². The van der Waals surface area contributed by atoms with E-state index >= 15 is 0 Å². The van der Waals surface area contributed by atoms with Crippen LogP contribution in [0.4, 0.5) is 5.82 Å². The maximum absolute atomic E-state index is 12.4. The van der Waals surface area contributed by atoms with E-state index < -0.39 is 0 Å². The molecule has 4 aromatic rings. The molecule has 0 aliphatic carbocycles. The molecule has 5 rings (SSSR count). The second-order valence-electron chi connectivity index (χ2n) is 8.39. The van der Waals surface area contributed by atoms with Gasteiger partial charge in [0.2, 0.25) is 5.91 Å². The molecule has 172 valence electrons. The van der Waals surface area contributed by atoms with Crippen LogP contribution in [0.2, 0.25) is 0 Å². The van der Waals surface area contributed by atoms with Crippen molar-refractivity contribution in [1.82, 2.24) is 29.2 Å². The quantitative estimate of drug-likeness (QED) is 0.374. The molecular formula is C25H25N7O2. The van der Waals surface area contributed by atoms with Gasteiger partial charge in [0.25, 0.3) is 0 Å². The summed E-state index contributed by atoms with van der Waals surface area (Å²) in [6.07, 6.45) is 5.44. The fourth-order valence-electron chi connectivity index (χ4n) is 4.63. The number of nitrogen functional groups attached to an aromatic ring is 1. The van der Waals surface area contributed by atoms with E-state index in [4.69, 9.17) is 15.6 Å². The molecule has 0 saturated carbocycles. The van der Waals surface area contributed by atoms with Gasteiger partial charge in [-0.3, -0.25) is 4.79 Å². The van der Waals surface area contributed by atoms with Gasteiger partial charge in [-0.05, 0) is 42.7 Å². The van der Waals surface area contributed by atoms with Gasteiger partial charge in [-0.25, -0.2) is 14.6 Å². The van der Waals surface area contributed by atoms with Gasteiger partial charge in [-0.15, -0.1) is 0 Å². The van der Waals surface area contributed by atoms with E-state index in [2.05, 4.69) is 39.0 Å². The van der Waals surface area contributed by atoms with Crippen molar-refractivity contribution in [2.24, 2.45) is 7.05 Å². The number of hydrogen-bond donors (Lipinski definition) is 1. The largest absolute Gasteiger partial charge is 0.383 e. The normalized spacial score (nSPS) is 17.8. The highest BCUT2D eigenvalue weighted by molar-refractivity contribution is 5.91. The Labute approximate surface area is 196 Å². The van der Waals surface area contributed by atoms with Crippen molar-refractivity contribution in [2.45, 2.75) is 18.5 Å². The zero-order chi connectivity index (χ0) is 23.8. The van der Waals surface area contributed by atoms with Crippen LogP contribution in [0.1, 0.15) is 23.7 Å². The summed E-state index contributed by atoms with van der Waals surface area (Å²) in [4.78, 5) is 22.8. The average Bonchev–Trinajstić information content (AvgIpc) is 3.53. The number of methoxy groups -OCH3 is 1. The molecule has 1 aromatic carbocycles. The van der Waals surface area contributed by atoms with Crippen molar-refractivity contribution in [3.05, 3.63) is 60.7 Å². The van der Waals surface area contributed by atoms with Gasteiger partial charge in [0, 0.05) is 43.4 Å². The number of carbonyl (C=O) groups is 1. The summed E-state index contributed by atoms with van der Waals surface area (Å²) in [7, 11) is 3.64. The van der Waals surface area contributed by atoms with Gasteiger partial charge in [-0.2, -0.15) is 5.10 Å². The standard InChI is InChI=1S/C25H25N7O2/c1-4-22(33)31-13-18(12-19(31)14-34-3)32-25-23(24(26)27-15-28-25)20(29-32)7-5-16-6-8-21-17(11-16)9-10-30(21)2/h4,6,8-11,15,18-19H,1,12-14H2,2-3H3,(H2,26,27,28)/t18-,19+/m0/s1. The van der Waals surface area contributed by atoms with Crippen molar-refractivity contribution in [2.75, 3.05) is 26.0 Å². The molecule has 0 bridgehead atoms. The fraction of sp³-hybridized carbons (Fsp3) is 0.280. The third kappa shape index (κ3) is 3.68. The van der Waals surface area contributed by atoms with Crippen LogP contribution in [0.3, 0.4) is 0 Å². The minimum atomic E-state index is -0.133. The van der Waals surface area contributed by atoms with Crippen molar-refractivity contribution >= 4 is 33.7 Å². The van der Waals surface area contributed by atoms with Crippen LogP contribution in [0.5, 0.6) is 0 Å². The third-order valence-electron chi connectivity index (χ3n) is 6.28. The minimum absolute atomic E-state index is 0.0777. The zero-order valence-corrected chi connectivity index (χ0v) is 19.1. The predicted octanol–water partition coefficient (Wildman–Crippen LogP) is 2.27. The SMILES string of the molecule is C=CC(=O)N1C[C@@H](n2nc(C#Cc3ccc4c(ccn4C)c3)c3c(N)ncnc32)C[C@@H]1COC. The van der Waals surface area contributed by atoms with Crippen molar-refractivity contribution < 1.29 is 9.53 Å². The number of nitrogens with zero attached hydrogens (tertiary/aromatic N) is 6. The van der Waals surface area contributed by atoms with Gasteiger partial charge in [-0.1, -0.05) is 12.5 Å². The Morgan fingerprint density at radius 3 is 2.97 bits per heavy atom. The number of aromatic nitrogens is 5. The number of likely N-dealkylation sites (tertiary alicyclic amines) is 1. The summed E-state index contributed by atoms with van der Waals surface area (Å²) < 4.78 is 9.22. The van der Waals surface area contributed by atoms with E-state index in [1.807, 2.05) is 36.1 Å². The van der Waals surface area contributed by atoms with Gasteiger partial charge < -0.3 is 19.9 Å². The number of ether oxygens (including phenoxy) is 1. The third-order valence-corrected chi connectivity index (χ3v) is 6.28. The van der Waals surface area contributed by atoms with Gasteiger partial charge in [0.15, 0.2) is 5.65 Å². The van der Waals surface area contributed by atoms with Gasteiger partial charge in [0.05, 0.1) is 24.1 Å². The predicted molar refractivity (Wildman–Crippen MR) is 130 cm³/mol. The lowest BCUT2D eigenvalue weighted by Gasteiger charge is -2.22. The van der Waals surface area contributed by atoms with Crippen LogP contribution in [0.25, 0.3) is 21.9 Å². The number of carbonyl (C=O) groups excluding carboxylic acids is 1. The number of aryl methyl sites for hydroxylation is 1. The Hall–Kier alpha value is -4.16. The highest BCUT2D eigenvalue weighted by atomic mass is 16.5. The number of amides is 1. The monoisotopic (exact) mass is 455 g/mol. The number of hydrogen-bond acceptors (Lipinski definition) is 6. The van der Waals surface area contributed by atoms with Crippen LogP contribution in [-0.4, -0.2) is 61.4 Å². The summed E-state index contributed by atoms with van der Waals surface area (Å²) in [6.45, 7) is 4.53. The lowest BCUT2D eigenvalue weighted by atomic mass is 10.1. The molecule has 1 aliphatic rings. The molecule has 1 fully saturated rings. The molecule has 1 saturated heterocycles. The summed E-state index contributed by atoms with van der Waals surface area (Å²) in [5.74, 6) is 6.57.